The molecule has 3 rings (SSSR count). The van der Waals surface area contributed by atoms with Crippen LogP contribution in [0, 0.1) is 0 Å². The summed E-state index contributed by atoms with van der Waals surface area (Å²) in [7, 11) is 1.70. The smallest absolute Gasteiger partial charge is 0.118 e. The molecule has 0 aliphatic carbocycles. The predicted octanol–water partition coefficient (Wildman–Crippen LogP) is 2.60. The molecule has 0 amide bonds. The molecule has 2 aromatic rings. The first-order chi connectivity index (χ1) is 10.3. The molecule has 1 aromatic carbocycles. The summed E-state index contributed by atoms with van der Waals surface area (Å²) in [5.41, 5.74) is 2.28. The van der Waals surface area contributed by atoms with Crippen LogP contribution < -0.4 is 9.64 Å². The van der Waals surface area contributed by atoms with E-state index >= 15 is 0 Å². The minimum absolute atomic E-state index is 0.664. The fourth-order valence-corrected chi connectivity index (χ4v) is 4.00. The zero-order valence-corrected chi connectivity index (χ0v) is 13.6. The number of nitrogens with zero attached hydrogens (tertiary/aromatic N) is 1. The van der Waals surface area contributed by atoms with E-state index in [2.05, 4.69) is 24.4 Å². The highest BCUT2D eigenvalue weighted by atomic mass is 32.1. The zero-order valence-electron chi connectivity index (χ0n) is 12.8. The van der Waals surface area contributed by atoms with E-state index in [1.807, 2.05) is 23.5 Å². The van der Waals surface area contributed by atoms with Crippen molar-refractivity contribution in [2.24, 2.45) is 0 Å². The zero-order chi connectivity index (χ0) is 14.7. The Bertz CT molecular complexity index is 571. The Hall–Kier alpha value is -1.39. The van der Waals surface area contributed by atoms with Crippen molar-refractivity contribution in [3.8, 4) is 17.0 Å². The van der Waals surface area contributed by atoms with E-state index in [0.717, 1.165) is 11.4 Å². The molecule has 1 aliphatic rings. The van der Waals surface area contributed by atoms with Gasteiger partial charge in [0.2, 0.25) is 0 Å². The predicted molar refractivity (Wildman–Crippen MR) is 87.3 cm³/mol. The molecule has 1 N–H and O–H groups in total. The summed E-state index contributed by atoms with van der Waals surface area (Å²) in [6.07, 6.45) is 2.55. The number of hydrogen-bond acceptors (Lipinski definition) is 3. The molecule has 0 radical (unpaired) electrons. The summed E-state index contributed by atoms with van der Waals surface area (Å²) in [4.78, 5) is 6.61. The van der Waals surface area contributed by atoms with Gasteiger partial charge in [-0.2, -0.15) is 0 Å². The fourth-order valence-electron chi connectivity index (χ4n) is 3.00. The van der Waals surface area contributed by atoms with Gasteiger partial charge in [-0.1, -0.05) is 0 Å². The molecular weight excluding hydrogens is 280 g/mol. The van der Waals surface area contributed by atoms with Gasteiger partial charge >= 0.3 is 0 Å². The third kappa shape index (κ3) is 3.27. The van der Waals surface area contributed by atoms with Crippen LogP contribution >= 0.6 is 11.3 Å². The lowest BCUT2D eigenvalue weighted by molar-refractivity contribution is -0.903. The fraction of sp³-hybridized carbons (Fsp3) is 0.471. The van der Waals surface area contributed by atoms with Crippen molar-refractivity contribution in [2.45, 2.75) is 25.7 Å². The van der Waals surface area contributed by atoms with Crippen molar-refractivity contribution in [3.63, 3.8) is 0 Å². The lowest BCUT2D eigenvalue weighted by atomic mass is 9.97. The molecule has 0 atom stereocenters. The number of thiazole rings is 1. The second-order valence-electron chi connectivity index (χ2n) is 5.68. The van der Waals surface area contributed by atoms with Crippen LogP contribution in [0.25, 0.3) is 11.3 Å². The number of hydrogen-bond donors (Lipinski definition) is 1. The lowest BCUT2D eigenvalue weighted by Gasteiger charge is -2.27. The number of benzene rings is 1. The van der Waals surface area contributed by atoms with E-state index in [0.29, 0.717) is 5.92 Å². The Morgan fingerprint density at radius 3 is 2.57 bits per heavy atom. The van der Waals surface area contributed by atoms with Gasteiger partial charge in [0.15, 0.2) is 0 Å². The van der Waals surface area contributed by atoms with Gasteiger partial charge < -0.3 is 9.64 Å². The van der Waals surface area contributed by atoms with Crippen LogP contribution in [0.5, 0.6) is 5.75 Å². The van der Waals surface area contributed by atoms with Gasteiger partial charge in [-0.3, -0.25) is 0 Å². The summed E-state index contributed by atoms with van der Waals surface area (Å²) >= 11 is 1.82. The van der Waals surface area contributed by atoms with Crippen molar-refractivity contribution in [1.82, 2.24) is 4.98 Å². The molecule has 0 saturated carbocycles. The van der Waals surface area contributed by atoms with Crippen molar-refractivity contribution in [3.05, 3.63) is 34.7 Å². The van der Waals surface area contributed by atoms with Gasteiger partial charge in [-0.05, 0) is 31.2 Å². The van der Waals surface area contributed by atoms with Crippen LogP contribution in [0.2, 0.25) is 0 Å². The minimum Gasteiger partial charge on any atom is -0.497 e. The minimum atomic E-state index is 0.664. The van der Waals surface area contributed by atoms with E-state index < -0.39 is 0 Å². The summed E-state index contributed by atoms with van der Waals surface area (Å²) in [6.45, 7) is 6.11. The summed E-state index contributed by atoms with van der Waals surface area (Å²) in [5, 5.41) is 3.51. The molecule has 1 saturated heterocycles. The van der Waals surface area contributed by atoms with Gasteiger partial charge in [0.05, 0.1) is 37.4 Å². The average Bonchev–Trinajstić information content (AvgIpc) is 3.05. The maximum absolute atomic E-state index is 5.21. The van der Waals surface area contributed by atoms with Crippen LogP contribution in [0.15, 0.2) is 29.6 Å². The normalized spacial score (nSPS) is 22.2. The molecule has 1 aliphatic heterocycles. The average molecular weight is 303 g/mol. The number of methoxy groups -OCH3 is 1. The maximum atomic E-state index is 5.21. The largest absolute Gasteiger partial charge is 0.497 e. The number of ether oxygens (including phenoxy) is 1. The quantitative estimate of drug-likeness (QED) is 0.940. The van der Waals surface area contributed by atoms with E-state index in [-0.39, 0.29) is 0 Å². The summed E-state index contributed by atoms with van der Waals surface area (Å²) in [6, 6.07) is 8.16. The third-order valence-electron chi connectivity index (χ3n) is 4.45. The van der Waals surface area contributed by atoms with Gasteiger partial charge in [0.25, 0.3) is 0 Å². The van der Waals surface area contributed by atoms with E-state index in [9.17, 15) is 0 Å². The van der Waals surface area contributed by atoms with Crippen LogP contribution in [-0.4, -0.2) is 31.7 Å². The van der Waals surface area contributed by atoms with Gasteiger partial charge in [-0.25, -0.2) is 4.98 Å². The van der Waals surface area contributed by atoms with Crippen LogP contribution in [-0.2, 0) is 0 Å². The maximum Gasteiger partial charge on any atom is 0.118 e. The Balaban J connectivity index is 1.71. The Kier molecular flexibility index (Phi) is 4.56. The Morgan fingerprint density at radius 2 is 1.95 bits per heavy atom. The van der Waals surface area contributed by atoms with Crippen LogP contribution in [0.1, 0.15) is 30.7 Å². The first-order valence-electron chi connectivity index (χ1n) is 7.73. The summed E-state index contributed by atoms with van der Waals surface area (Å²) in [5.74, 6) is 1.56. The number of nitrogens with one attached hydrogen (secondary N) is 1. The molecule has 21 heavy (non-hydrogen) atoms. The first kappa shape index (κ1) is 14.5. The summed E-state index contributed by atoms with van der Waals surface area (Å²) < 4.78 is 5.21. The SMILES string of the molecule is CC[NH+]1CCC(c2nc(-c3ccc(OC)cc3)cs2)CC1. The second kappa shape index (κ2) is 6.58. The highest BCUT2D eigenvalue weighted by molar-refractivity contribution is 7.10. The lowest BCUT2D eigenvalue weighted by Crippen LogP contribution is -3.12. The van der Waals surface area contributed by atoms with E-state index in [4.69, 9.17) is 9.72 Å². The first-order valence-corrected chi connectivity index (χ1v) is 8.61. The molecular formula is C17H23N2OS+. The number of piperidine rings is 1. The van der Waals surface area contributed by atoms with E-state index in [1.165, 1.54) is 43.0 Å². The van der Waals surface area contributed by atoms with Crippen molar-refractivity contribution in [2.75, 3.05) is 26.7 Å². The Morgan fingerprint density at radius 1 is 1.24 bits per heavy atom. The molecule has 1 aromatic heterocycles. The molecule has 0 unspecified atom stereocenters. The van der Waals surface area contributed by atoms with Gasteiger partial charge in [-0.15, -0.1) is 11.3 Å². The van der Waals surface area contributed by atoms with Crippen LogP contribution in [0.3, 0.4) is 0 Å². The number of aromatic nitrogens is 1. The third-order valence-corrected chi connectivity index (χ3v) is 5.46. The molecule has 4 heteroatoms. The molecule has 0 spiro atoms. The molecule has 2 heterocycles. The van der Waals surface area contributed by atoms with Gasteiger partial charge in [0, 0.05) is 29.7 Å². The topological polar surface area (TPSA) is 26.6 Å². The molecule has 112 valence electrons. The van der Waals surface area contributed by atoms with Crippen molar-refractivity contribution < 1.29 is 9.64 Å². The van der Waals surface area contributed by atoms with Gasteiger partial charge in [0.1, 0.15) is 5.75 Å². The van der Waals surface area contributed by atoms with Crippen LogP contribution in [0.4, 0.5) is 0 Å². The standard InChI is InChI=1S/C17H22N2OS/c1-3-19-10-8-14(9-11-19)17-18-16(12-21-17)13-4-6-15(20-2)7-5-13/h4-7,12,14H,3,8-11H2,1-2H3/p+1. The number of rotatable bonds is 4. The van der Waals surface area contributed by atoms with Crippen molar-refractivity contribution in [1.29, 1.82) is 0 Å². The number of quaternary nitrogens is 1. The number of likely N-dealkylation sites (tertiary alicyclic amines) is 1. The second-order valence-corrected chi connectivity index (χ2v) is 6.57. The highest BCUT2D eigenvalue weighted by Gasteiger charge is 2.24. The molecule has 0 bridgehead atoms. The van der Waals surface area contributed by atoms with Crippen molar-refractivity contribution >= 4 is 11.3 Å². The van der Waals surface area contributed by atoms with E-state index in [1.54, 1.807) is 12.0 Å². The monoisotopic (exact) mass is 303 g/mol. The molecule has 1 fully saturated rings. The molecule has 3 nitrogen and oxygen atoms in total. The highest BCUT2D eigenvalue weighted by Crippen LogP contribution is 2.31. The Labute approximate surface area is 130 Å².